The summed E-state index contributed by atoms with van der Waals surface area (Å²) in [5, 5.41) is 15.4. The fraction of sp³-hybridized carbons (Fsp3) is 0.273. The van der Waals surface area contributed by atoms with Crippen LogP contribution in [0.3, 0.4) is 0 Å². The summed E-state index contributed by atoms with van der Waals surface area (Å²) in [6, 6.07) is 6.46. The lowest BCUT2D eigenvalue weighted by atomic mass is 10.2. The van der Waals surface area contributed by atoms with Gasteiger partial charge in [-0.3, -0.25) is 9.82 Å². The van der Waals surface area contributed by atoms with E-state index in [-0.39, 0.29) is 10.0 Å². The molecule has 0 aromatic carbocycles. The monoisotopic (exact) mass is 296 g/mol. The van der Waals surface area contributed by atoms with Crippen molar-refractivity contribution in [1.82, 2.24) is 10.2 Å². The summed E-state index contributed by atoms with van der Waals surface area (Å²) in [5.74, 6) is 0.260. The van der Waals surface area contributed by atoms with Crippen molar-refractivity contribution in [2.45, 2.75) is 24.0 Å². The van der Waals surface area contributed by atoms with Crippen LogP contribution in [0, 0.1) is 11.3 Å². The predicted molar refractivity (Wildman–Crippen MR) is 72.4 cm³/mol. The van der Waals surface area contributed by atoms with Crippen molar-refractivity contribution in [1.29, 1.82) is 5.26 Å². The Labute approximate surface area is 115 Å². The molecule has 8 heteroatoms. The number of H-pyrrole nitrogens is 1. The molecule has 0 unspecified atom stereocenters. The zero-order valence-electron chi connectivity index (χ0n) is 10.2. The van der Waals surface area contributed by atoms with Crippen LogP contribution in [-0.2, 0) is 16.4 Å². The van der Waals surface area contributed by atoms with E-state index < -0.39 is 10.0 Å². The van der Waals surface area contributed by atoms with Crippen LogP contribution in [0.5, 0.6) is 0 Å². The number of rotatable bonds is 5. The Morgan fingerprint density at radius 1 is 1.53 bits per heavy atom. The SMILES string of the molecule is CCCc1cc(NS(=O)(=O)c2ccc(C#N)s2)n[nH]1. The summed E-state index contributed by atoms with van der Waals surface area (Å²) in [6.45, 7) is 2.03. The first kappa shape index (κ1) is 13.6. The van der Waals surface area contributed by atoms with Crippen molar-refractivity contribution in [3.05, 3.63) is 28.8 Å². The van der Waals surface area contributed by atoms with Crippen LogP contribution in [0.15, 0.2) is 22.4 Å². The molecule has 19 heavy (non-hydrogen) atoms. The molecule has 100 valence electrons. The van der Waals surface area contributed by atoms with E-state index in [0.29, 0.717) is 4.88 Å². The predicted octanol–water partition coefficient (Wildman–Crippen LogP) is 2.10. The molecular weight excluding hydrogens is 284 g/mol. The first-order chi connectivity index (χ1) is 9.05. The van der Waals surface area contributed by atoms with Gasteiger partial charge in [-0.15, -0.1) is 11.3 Å². The number of anilines is 1. The highest BCUT2D eigenvalue weighted by Gasteiger charge is 2.18. The second-order valence-corrected chi connectivity index (χ2v) is 6.86. The lowest BCUT2D eigenvalue weighted by Gasteiger charge is -2.01. The topological polar surface area (TPSA) is 98.6 Å². The molecule has 0 saturated heterocycles. The Bertz CT molecular complexity index is 709. The van der Waals surface area contributed by atoms with E-state index in [1.54, 1.807) is 6.07 Å². The molecule has 0 aliphatic heterocycles. The second kappa shape index (κ2) is 5.42. The summed E-state index contributed by atoms with van der Waals surface area (Å²) in [5.41, 5.74) is 0.879. The standard InChI is InChI=1S/C11H12N4O2S2/c1-2-3-8-6-10(14-13-8)15-19(16,17)11-5-4-9(7-12)18-11/h4-6H,2-3H2,1H3,(H2,13,14,15). The minimum absolute atomic E-state index is 0.101. The van der Waals surface area contributed by atoms with Crippen LogP contribution >= 0.6 is 11.3 Å². The Balaban J connectivity index is 2.18. The Kier molecular flexibility index (Phi) is 3.87. The van der Waals surface area contributed by atoms with E-state index in [1.807, 2.05) is 13.0 Å². The van der Waals surface area contributed by atoms with E-state index in [2.05, 4.69) is 14.9 Å². The van der Waals surface area contributed by atoms with Crippen LogP contribution in [0.4, 0.5) is 5.82 Å². The van der Waals surface area contributed by atoms with Crippen molar-refractivity contribution >= 4 is 27.2 Å². The number of hydrogen-bond acceptors (Lipinski definition) is 5. The number of hydrogen-bond donors (Lipinski definition) is 2. The normalized spacial score (nSPS) is 11.2. The third-order valence-corrected chi connectivity index (χ3v) is 5.18. The van der Waals surface area contributed by atoms with Gasteiger partial charge in [-0.05, 0) is 18.6 Å². The lowest BCUT2D eigenvalue weighted by molar-refractivity contribution is 0.603. The summed E-state index contributed by atoms with van der Waals surface area (Å²) in [7, 11) is -3.67. The minimum Gasteiger partial charge on any atom is -0.280 e. The van der Waals surface area contributed by atoms with Gasteiger partial charge in [0.05, 0.1) is 0 Å². The van der Waals surface area contributed by atoms with Gasteiger partial charge in [-0.25, -0.2) is 8.42 Å². The second-order valence-electron chi connectivity index (χ2n) is 3.86. The lowest BCUT2D eigenvalue weighted by Crippen LogP contribution is -2.11. The molecule has 2 N–H and O–H groups in total. The molecule has 2 heterocycles. The van der Waals surface area contributed by atoms with E-state index in [0.717, 1.165) is 29.9 Å². The first-order valence-corrected chi connectivity index (χ1v) is 7.92. The van der Waals surface area contributed by atoms with Crippen molar-refractivity contribution in [3.63, 3.8) is 0 Å². The molecule has 0 saturated carbocycles. The van der Waals surface area contributed by atoms with Gasteiger partial charge in [0.2, 0.25) is 0 Å². The Morgan fingerprint density at radius 3 is 2.95 bits per heavy atom. The average molecular weight is 296 g/mol. The summed E-state index contributed by atoms with van der Waals surface area (Å²) in [6.07, 6.45) is 1.76. The first-order valence-electron chi connectivity index (χ1n) is 5.62. The number of aromatic amines is 1. The molecule has 2 aromatic heterocycles. The van der Waals surface area contributed by atoms with Gasteiger partial charge in [0.1, 0.15) is 15.2 Å². The van der Waals surface area contributed by atoms with Crippen molar-refractivity contribution in [2.24, 2.45) is 0 Å². The van der Waals surface area contributed by atoms with Gasteiger partial charge >= 0.3 is 0 Å². The smallest absolute Gasteiger partial charge is 0.272 e. The minimum atomic E-state index is -3.67. The fourth-order valence-electron chi connectivity index (χ4n) is 1.52. The van der Waals surface area contributed by atoms with Crippen LogP contribution in [0.25, 0.3) is 0 Å². The number of aryl methyl sites for hydroxylation is 1. The molecule has 0 bridgehead atoms. The maximum Gasteiger partial charge on any atom is 0.272 e. The number of thiophene rings is 1. The van der Waals surface area contributed by atoms with E-state index in [1.165, 1.54) is 12.1 Å². The number of nitrogens with one attached hydrogen (secondary N) is 2. The van der Waals surface area contributed by atoms with Crippen LogP contribution in [0.2, 0.25) is 0 Å². The molecule has 0 aliphatic carbocycles. The van der Waals surface area contributed by atoms with E-state index in [9.17, 15) is 8.42 Å². The highest BCUT2D eigenvalue weighted by Crippen LogP contribution is 2.23. The van der Waals surface area contributed by atoms with Crippen LogP contribution < -0.4 is 4.72 Å². The van der Waals surface area contributed by atoms with Crippen molar-refractivity contribution in [2.75, 3.05) is 4.72 Å². The van der Waals surface area contributed by atoms with Crippen LogP contribution in [0.1, 0.15) is 23.9 Å². The number of sulfonamides is 1. The zero-order valence-corrected chi connectivity index (χ0v) is 11.8. The molecular formula is C11H12N4O2S2. The summed E-state index contributed by atoms with van der Waals surface area (Å²) >= 11 is 0.927. The Hall–Kier alpha value is -1.85. The number of nitrogens with zero attached hydrogens (tertiary/aromatic N) is 2. The maximum atomic E-state index is 12.0. The third kappa shape index (κ3) is 3.13. The molecule has 0 atom stereocenters. The van der Waals surface area contributed by atoms with Gasteiger partial charge in [0, 0.05) is 11.8 Å². The Morgan fingerprint density at radius 2 is 2.32 bits per heavy atom. The number of aromatic nitrogens is 2. The third-order valence-electron chi connectivity index (χ3n) is 2.35. The average Bonchev–Trinajstić information content (AvgIpc) is 2.98. The molecule has 2 aromatic rings. The van der Waals surface area contributed by atoms with E-state index in [4.69, 9.17) is 5.26 Å². The van der Waals surface area contributed by atoms with Gasteiger partial charge < -0.3 is 0 Å². The molecule has 6 nitrogen and oxygen atoms in total. The molecule has 0 amide bonds. The molecule has 0 fully saturated rings. The fourth-order valence-corrected chi connectivity index (χ4v) is 3.62. The highest BCUT2D eigenvalue weighted by molar-refractivity contribution is 7.94. The van der Waals surface area contributed by atoms with Gasteiger partial charge in [0.25, 0.3) is 10.0 Å². The summed E-state index contributed by atoms with van der Waals surface area (Å²) < 4.78 is 26.6. The molecule has 0 spiro atoms. The molecule has 0 aliphatic rings. The molecule has 0 radical (unpaired) electrons. The van der Waals surface area contributed by atoms with Crippen molar-refractivity contribution in [3.8, 4) is 6.07 Å². The van der Waals surface area contributed by atoms with Gasteiger partial charge in [-0.1, -0.05) is 13.3 Å². The van der Waals surface area contributed by atoms with E-state index >= 15 is 0 Å². The van der Waals surface area contributed by atoms with Gasteiger partial charge in [-0.2, -0.15) is 10.4 Å². The molecule has 2 rings (SSSR count). The van der Waals surface area contributed by atoms with Crippen molar-refractivity contribution < 1.29 is 8.42 Å². The quantitative estimate of drug-likeness (QED) is 0.882. The number of nitriles is 1. The highest BCUT2D eigenvalue weighted by atomic mass is 32.2. The summed E-state index contributed by atoms with van der Waals surface area (Å²) in [4.78, 5) is 0.356. The zero-order chi connectivity index (χ0) is 13.9. The maximum absolute atomic E-state index is 12.0. The largest absolute Gasteiger partial charge is 0.280 e. The van der Waals surface area contributed by atoms with Gasteiger partial charge in [0.15, 0.2) is 5.82 Å². The van der Waals surface area contributed by atoms with Crippen LogP contribution in [-0.4, -0.2) is 18.6 Å².